The van der Waals surface area contributed by atoms with E-state index in [9.17, 15) is 9.59 Å². The van der Waals surface area contributed by atoms with Gasteiger partial charge in [0, 0.05) is 12.6 Å². The van der Waals surface area contributed by atoms with E-state index in [1.165, 1.54) is 19.3 Å². The summed E-state index contributed by atoms with van der Waals surface area (Å²) in [6.45, 7) is 2.61. The fraction of sp³-hybridized carbons (Fsp3) is 0.867. The molecule has 2 atom stereocenters. The van der Waals surface area contributed by atoms with Crippen molar-refractivity contribution in [1.82, 2.24) is 4.90 Å². The van der Waals surface area contributed by atoms with E-state index >= 15 is 0 Å². The number of carbonyl (C=O) groups is 2. The Morgan fingerprint density at radius 2 is 1.85 bits per heavy atom. The molecule has 1 aliphatic heterocycles. The number of hydrogen-bond donors (Lipinski definition) is 1. The lowest BCUT2D eigenvalue weighted by Crippen LogP contribution is -2.50. The van der Waals surface area contributed by atoms with Gasteiger partial charge in [0.25, 0.3) is 0 Å². The minimum absolute atomic E-state index is 0.00553. The third-order valence-corrected chi connectivity index (χ3v) is 4.60. The van der Waals surface area contributed by atoms with Crippen molar-refractivity contribution < 1.29 is 14.3 Å². The average Bonchev–Trinajstić information content (AvgIpc) is 2.46. The summed E-state index contributed by atoms with van der Waals surface area (Å²) in [6, 6.07) is 0.174. The standard InChI is InChI=1S/C15H26N2O3/c1-11-7-8-12(15(16)19)9-17(11)14(18)10-20-13-5-3-2-4-6-13/h11-13H,2-10H2,1H3,(H2,16,19)/t11-,12-/m0/s1. The van der Waals surface area contributed by atoms with Crippen molar-refractivity contribution in [1.29, 1.82) is 0 Å². The zero-order chi connectivity index (χ0) is 14.5. The molecule has 1 heterocycles. The quantitative estimate of drug-likeness (QED) is 0.848. The van der Waals surface area contributed by atoms with Crippen LogP contribution in [0.4, 0.5) is 0 Å². The molecule has 1 saturated heterocycles. The maximum Gasteiger partial charge on any atom is 0.248 e. The molecule has 0 unspecified atom stereocenters. The molecule has 1 saturated carbocycles. The number of rotatable bonds is 4. The maximum atomic E-state index is 12.3. The van der Waals surface area contributed by atoms with Crippen LogP contribution in [0.25, 0.3) is 0 Å². The van der Waals surface area contributed by atoms with Crippen LogP contribution in [0.3, 0.4) is 0 Å². The first-order valence-corrected chi connectivity index (χ1v) is 7.78. The summed E-state index contributed by atoms with van der Waals surface area (Å²) in [5.74, 6) is -0.512. The molecule has 0 aromatic heterocycles. The molecule has 2 fully saturated rings. The molecule has 0 aromatic carbocycles. The zero-order valence-corrected chi connectivity index (χ0v) is 12.3. The van der Waals surface area contributed by atoms with Crippen LogP contribution in [0.5, 0.6) is 0 Å². The Bertz CT molecular complexity index is 353. The number of primary amides is 1. The predicted octanol–water partition coefficient (Wildman–Crippen LogP) is 1.45. The Kier molecular flexibility index (Phi) is 5.40. The maximum absolute atomic E-state index is 12.3. The molecule has 0 radical (unpaired) electrons. The van der Waals surface area contributed by atoms with Gasteiger partial charge in [-0.15, -0.1) is 0 Å². The van der Waals surface area contributed by atoms with Crippen molar-refractivity contribution in [2.24, 2.45) is 11.7 Å². The summed E-state index contributed by atoms with van der Waals surface area (Å²) in [7, 11) is 0. The SMILES string of the molecule is C[C@H]1CC[C@H](C(N)=O)CN1C(=O)COC1CCCCC1. The van der Waals surface area contributed by atoms with Gasteiger partial charge in [0.1, 0.15) is 6.61 Å². The summed E-state index contributed by atoms with van der Waals surface area (Å²) in [5, 5.41) is 0. The first-order valence-electron chi connectivity index (χ1n) is 7.78. The smallest absolute Gasteiger partial charge is 0.248 e. The molecule has 2 amide bonds. The fourth-order valence-corrected chi connectivity index (χ4v) is 3.19. The van der Waals surface area contributed by atoms with Gasteiger partial charge in [0.05, 0.1) is 12.0 Å². The lowest BCUT2D eigenvalue weighted by molar-refractivity contribution is -0.144. The average molecular weight is 282 g/mol. The van der Waals surface area contributed by atoms with Crippen molar-refractivity contribution >= 4 is 11.8 Å². The number of nitrogens with zero attached hydrogens (tertiary/aromatic N) is 1. The number of nitrogens with two attached hydrogens (primary N) is 1. The van der Waals surface area contributed by atoms with Crippen molar-refractivity contribution in [3.63, 3.8) is 0 Å². The van der Waals surface area contributed by atoms with Gasteiger partial charge in [-0.2, -0.15) is 0 Å². The van der Waals surface area contributed by atoms with Crippen LogP contribution in [0.2, 0.25) is 0 Å². The van der Waals surface area contributed by atoms with Crippen molar-refractivity contribution in [2.45, 2.75) is 64.0 Å². The molecule has 0 spiro atoms. The van der Waals surface area contributed by atoms with Gasteiger partial charge in [0.2, 0.25) is 11.8 Å². The molecular formula is C15H26N2O3. The molecular weight excluding hydrogens is 256 g/mol. The molecule has 0 bridgehead atoms. The molecule has 114 valence electrons. The van der Waals surface area contributed by atoms with Gasteiger partial charge in [-0.3, -0.25) is 9.59 Å². The number of carbonyl (C=O) groups excluding carboxylic acids is 2. The normalized spacial score (nSPS) is 28.4. The first-order chi connectivity index (χ1) is 9.58. The van der Waals surface area contributed by atoms with E-state index < -0.39 is 0 Å². The minimum Gasteiger partial charge on any atom is -0.369 e. The zero-order valence-electron chi connectivity index (χ0n) is 12.3. The molecule has 5 heteroatoms. The van der Waals surface area contributed by atoms with E-state index in [4.69, 9.17) is 10.5 Å². The Morgan fingerprint density at radius 1 is 1.15 bits per heavy atom. The second kappa shape index (κ2) is 7.07. The highest BCUT2D eigenvalue weighted by Crippen LogP contribution is 2.23. The van der Waals surface area contributed by atoms with Gasteiger partial charge in [-0.25, -0.2) is 0 Å². The monoisotopic (exact) mass is 282 g/mol. The third-order valence-electron chi connectivity index (χ3n) is 4.60. The largest absolute Gasteiger partial charge is 0.369 e. The van der Waals surface area contributed by atoms with E-state index in [2.05, 4.69) is 0 Å². The summed E-state index contributed by atoms with van der Waals surface area (Å²) in [4.78, 5) is 25.3. The van der Waals surface area contributed by atoms with Crippen molar-refractivity contribution in [3.8, 4) is 0 Å². The van der Waals surface area contributed by atoms with Gasteiger partial charge >= 0.3 is 0 Å². The second-order valence-corrected chi connectivity index (χ2v) is 6.14. The van der Waals surface area contributed by atoms with Crippen LogP contribution in [0.15, 0.2) is 0 Å². The molecule has 20 heavy (non-hydrogen) atoms. The van der Waals surface area contributed by atoms with Crippen LogP contribution in [-0.4, -0.2) is 42.0 Å². The lowest BCUT2D eigenvalue weighted by atomic mass is 9.93. The van der Waals surface area contributed by atoms with Crippen LogP contribution < -0.4 is 5.73 Å². The first kappa shape index (κ1) is 15.3. The number of piperidine rings is 1. The summed E-state index contributed by atoms with van der Waals surface area (Å²) < 4.78 is 5.73. The summed E-state index contributed by atoms with van der Waals surface area (Å²) in [5.41, 5.74) is 5.36. The van der Waals surface area contributed by atoms with Crippen LogP contribution in [0, 0.1) is 5.92 Å². The van der Waals surface area contributed by atoms with Crippen molar-refractivity contribution in [3.05, 3.63) is 0 Å². The number of ether oxygens (including phenoxy) is 1. The van der Waals surface area contributed by atoms with Gasteiger partial charge < -0.3 is 15.4 Å². The van der Waals surface area contributed by atoms with E-state index in [-0.39, 0.29) is 36.5 Å². The summed E-state index contributed by atoms with van der Waals surface area (Å²) in [6.07, 6.45) is 7.65. The Labute approximate surface area is 120 Å². The molecule has 2 N–H and O–H groups in total. The van der Waals surface area contributed by atoms with E-state index in [1.807, 2.05) is 6.92 Å². The Balaban J connectivity index is 1.81. The van der Waals surface area contributed by atoms with Crippen LogP contribution in [-0.2, 0) is 14.3 Å². The molecule has 0 aromatic rings. The summed E-state index contributed by atoms with van der Waals surface area (Å²) >= 11 is 0. The van der Waals surface area contributed by atoms with Crippen LogP contribution in [0.1, 0.15) is 51.9 Å². The molecule has 1 aliphatic carbocycles. The highest BCUT2D eigenvalue weighted by atomic mass is 16.5. The van der Waals surface area contributed by atoms with Gasteiger partial charge in [-0.05, 0) is 32.6 Å². The predicted molar refractivity (Wildman–Crippen MR) is 75.9 cm³/mol. The van der Waals surface area contributed by atoms with Gasteiger partial charge in [0.15, 0.2) is 0 Å². The number of hydrogen-bond acceptors (Lipinski definition) is 3. The highest BCUT2D eigenvalue weighted by molar-refractivity contribution is 5.81. The van der Waals surface area contributed by atoms with E-state index in [0.717, 1.165) is 25.7 Å². The van der Waals surface area contributed by atoms with E-state index in [0.29, 0.717) is 6.54 Å². The number of amides is 2. The highest BCUT2D eigenvalue weighted by Gasteiger charge is 2.31. The fourth-order valence-electron chi connectivity index (χ4n) is 3.19. The molecule has 2 aliphatic rings. The van der Waals surface area contributed by atoms with Crippen LogP contribution >= 0.6 is 0 Å². The third kappa shape index (κ3) is 3.95. The topological polar surface area (TPSA) is 72.6 Å². The number of likely N-dealkylation sites (tertiary alicyclic amines) is 1. The van der Waals surface area contributed by atoms with E-state index in [1.54, 1.807) is 4.90 Å². The van der Waals surface area contributed by atoms with Gasteiger partial charge in [-0.1, -0.05) is 19.3 Å². The Morgan fingerprint density at radius 3 is 2.50 bits per heavy atom. The minimum atomic E-state index is -0.303. The second-order valence-electron chi connectivity index (χ2n) is 6.14. The Hall–Kier alpha value is -1.10. The van der Waals surface area contributed by atoms with Crippen molar-refractivity contribution in [2.75, 3.05) is 13.2 Å². The molecule has 5 nitrogen and oxygen atoms in total. The lowest BCUT2D eigenvalue weighted by Gasteiger charge is -2.37. The molecule has 2 rings (SSSR count).